The molecule has 0 atom stereocenters. The van der Waals surface area contributed by atoms with E-state index in [4.69, 9.17) is 0 Å². The molecule has 0 unspecified atom stereocenters. The third kappa shape index (κ3) is 6.92. The maximum absolute atomic E-state index is 12.1. The highest BCUT2D eigenvalue weighted by Crippen LogP contribution is 2.08. The van der Waals surface area contributed by atoms with Crippen LogP contribution in [0.3, 0.4) is 0 Å². The maximum atomic E-state index is 12.1. The fourth-order valence-electron chi connectivity index (χ4n) is 2.07. The van der Waals surface area contributed by atoms with E-state index in [9.17, 15) is 13.2 Å². The minimum Gasteiger partial charge on any atom is -0.343 e. The number of hydrogen-bond donors (Lipinski definition) is 0. The second kappa shape index (κ2) is 8.53. The van der Waals surface area contributed by atoms with Gasteiger partial charge in [0.15, 0.2) is 0 Å². The van der Waals surface area contributed by atoms with Gasteiger partial charge in [-0.25, -0.2) is 8.42 Å². The van der Waals surface area contributed by atoms with E-state index in [0.717, 1.165) is 25.9 Å². The van der Waals surface area contributed by atoms with Gasteiger partial charge < -0.3 is 4.90 Å². The Labute approximate surface area is 118 Å². The van der Waals surface area contributed by atoms with Gasteiger partial charge in [0.1, 0.15) is 0 Å². The summed E-state index contributed by atoms with van der Waals surface area (Å²) in [6.07, 6.45) is 3.29. The van der Waals surface area contributed by atoms with Crippen molar-refractivity contribution < 1.29 is 13.2 Å². The first-order chi connectivity index (χ1) is 8.73. The Balaban J connectivity index is 4.54. The fourth-order valence-corrected chi connectivity index (χ4v) is 3.26. The van der Waals surface area contributed by atoms with Crippen molar-refractivity contribution >= 4 is 15.9 Å². The number of hydrogen-bond acceptors (Lipinski definition) is 3. The SMILES string of the molecule is CCCN(CCC)C(=O)CCN(C(C)C)S(C)(=O)=O. The minimum atomic E-state index is -3.25. The third-order valence-electron chi connectivity index (χ3n) is 2.89. The third-order valence-corrected chi connectivity index (χ3v) is 4.34. The van der Waals surface area contributed by atoms with Crippen LogP contribution < -0.4 is 0 Å². The van der Waals surface area contributed by atoms with Crippen LogP contribution in [0.25, 0.3) is 0 Å². The number of amides is 1. The molecule has 1 amide bonds. The second-order valence-corrected chi connectivity index (χ2v) is 7.03. The predicted octanol–water partition coefficient (Wildman–Crippen LogP) is 1.70. The lowest BCUT2D eigenvalue weighted by Gasteiger charge is -2.26. The van der Waals surface area contributed by atoms with Crippen molar-refractivity contribution in [1.29, 1.82) is 0 Å². The lowest BCUT2D eigenvalue weighted by Crippen LogP contribution is -2.40. The summed E-state index contributed by atoms with van der Waals surface area (Å²) in [5.41, 5.74) is 0. The van der Waals surface area contributed by atoms with E-state index >= 15 is 0 Å². The molecule has 0 fully saturated rings. The van der Waals surface area contributed by atoms with Gasteiger partial charge in [-0.2, -0.15) is 4.31 Å². The van der Waals surface area contributed by atoms with Gasteiger partial charge in [-0.1, -0.05) is 13.8 Å². The first-order valence-electron chi connectivity index (χ1n) is 6.98. The number of rotatable bonds is 9. The molecule has 0 bridgehead atoms. The average Bonchev–Trinajstić information content (AvgIpc) is 2.26. The average molecular weight is 292 g/mol. The largest absolute Gasteiger partial charge is 0.343 e. The zero-order chi connectivity index (χ0) is 15.1. The van der Waals surface area contributed by atoms with E-state index in [-0.39, 0.29) is 24.9 Å². The normalized spacial score (nSPS) is 12.2. The number of nitrogens with zero attached hydrogens (tertiary/aromatic N) is 2. The van der Waals surface area contributed by atoms with E-state index in [1.54, 1.807) is 0 Å². The number of sulfonamides is 1. The fraction of sp³-hybridized carbons (Fsp3) is 0.923. The summed E-state index contributed by atoms with van der Waals surface area (Å²) in [6.45, 7) is 9.46. The van der Waals surface area contributed by atoms with E-state index in [0.29, 0.717) is 0 Å². The van der Waals surface area contributed by atoms with E-state index in [1.807, 2.05) is 32.6 Å². The van der Waals surface area contributed by atoms with Crippen molar-refractivity contribution in [2.24, 2.45) is 0 Å². The van der Waals surface area contributed by atoms with Gasteiger partial charge in [0.05, 0.1) is 6.26 Å². The van der Waals surface area contributed by atoms with Gasteiger partial charge in [-0.05, 0) is 26.7 Å². The van der Waals surface area contributed by atoms with Crippen molar-refractivity contribution in [3.8, 4) is 0 Å². The van der Waals surface area contributed by atoms with Gasteiger partial charge in [0.2, 0.25) is 15.9 Å². The highest BCUT2D eigenvalue weighted by molar-refractivity contribution is 7.88. The Bertz CT molecular complexity index is 360. The summed E-state index contributed by atoms with van der Waals surface area (Å²) in [7, 11) is -3.25. The first-order valence-corrected chi connectivity index (χ1v) is 8.83. The summed E-state index contributed by atoms with van der Waals surface area (Å²) in [5, 5.41) is 0. The molecule has 0 aliphatic heterocycles. The summed E-state index contributed by atoms with van der Waals surface area (Å²) in [5.74, 6) is 0.0398. The molecule has 0 aliphatic rings. The van der Waals surface area contributed by atoms with Crippen molar-refractivity contribution in [3.05, 3.63) is 0 Å². The maximum Gasteiger partial charge on any atom is 0.223 e. The monoisotopic (exact) mass is 292 g/mol. The van der Waals surface area contributed by atoms with Crippen LogP contribution in [-0.4, -0.2) is 55.5 Å². The van der Waals surface area contributed by atoms with Crippen molar-refractivity contribution in [3.63, 3.8) is 0 Å². The minimum absolute atomic E-state index is 0.0398. The highest BCUT2D eigenvalue weighted by Gasteiger charge is 2.22. The van der Waals surface area contributed by atoms with Gasteiger partial charge in [-0.15, -0.1) is 0 Å². The smallest absolute Gasteiger partial charge is 0.223 e. The standard InChI is InChI=1S/C13H28N2O3S/c1-6-9-14(10-7-2)13(16)8-11-15(12(3)4)19(5,17)18/h12H,6-11H2,1-5H3. The van der Waals surface area contributed by atoms with Gasteiger partial charge in [0.25, 0.3) is 0 Å². The van der Waals surface area contributed by atoms with Crippen LogP contribution >= 0.6 is 0 Å². The molecule has 0 aromatic carbocycles. The van der Waals surface area contributed by atoms with Gasteiger partial charge in [-0.3, -0.25) is 4.79 Å². The van der Waals surface area contributed by atoms with Crippen LogP contribution in [0.1, 0.15) is 47.0 Å². The van der Waals surface area contributed by atoms with Crippen LogP contribution in [0.4, 0.5) is 0 Å². The summed E-state index contributed by atoms with van der Waals surface area (Å²) in [6, 6.07) is -0.117. The molecule has 0 spiro atoms. The Hall–Kier alpha value is -0.620. The molecule has 0 saturated heterocycles. The second-order valence-electron chi connectivity index (χ2n) is 5.10. The predicted molar refractivity (Wildman–Crippen MR) is 78.5 cm³/mol. The highest BCUT2D eigenvalue weighted by atomic mass is 32.2. The Morgan fingerprint density at radius 3 is 1.84 bits per heavy atom. The molecule has 0 aromatic heterocycles. The topological polar surface area (TPSA) is 57.7 Å². The molecule has 114 valence electrons. The Kier molecular flexibility index (Phi) is 8.25. The molecule has 6 heteroatoms. The molecule has 5 nitrogen and oxygen atoms in total. The van der Waals surface area contributed by atoms with Crippen LogP contribution in [-0.2, 0) is 14.8 Å². The molecule has 0 N–H and O–H groups in total. The lowest BCUT2D eigenvalue weighted by atomic mass is 10.3. The van der Waals surface area contributed by atoms with Crippen molar-refractivity contribution in [1.82, 2.24) is 9.21 Å². The Morgan fingerprint density at radius 2 is 1.53 bits per heavy atom. The van der Waals surface area contributed by atoms with E-state index < -0.39 is 10.0 Å². The summed E-state index contributed by atoms with van der Waals surface area (Å²) < 4.78 is 24.6. The molecular weight excluding hydrogens is 264 g/mol. The summed E-state index contributed by atoms with van der Waals surface area (Å²) in [4.78, 5) is 13.9. The van der Waals surface area contributed by atoms with Gasteiger partial charge in [0, 0.05) is 32.1 Å². The number of carbonyl (C=O) groups excluding carboxylic acids is 1. The van der Waals surface area contributed by atoms with E-state index in [2.05, 4.69) is 0 Å². The Morgan fingerprint density at radius 1 is 1.05 bits per heavy atom. The van der Waals surface area contributed by atoms with Crippen molar-refractivity contribution in [2.75, 3.05) is 25.9 Å². The molecular formula is C13H28N2O3S. The van der Waals surface area contributed by atoms with E-state index in [1.165, 1.54) is 10.6 Å². The first kappa shape index (κ1) is 18.4. The molecule has 19 heavy (non-hydrogen) atoms. The molecule has 0 aliphatic carbocycles. The zero-order valence-corrected chi connectivity index (χ0v) is 13.7. The summed E-state index contributed by atoms with van der Waals surface area (Å²) >= 11 is 0. The number of carbonyl (C=O) groups is 1. The van der Waals surface area contributed by atoms with Crippen LogP contribution in [0, 0.1) is 0 Å². The van der Waals surface area contributed by atoms with Gasteiger partial charge >= 0.3 is 0 Å². The van der Waals surface area contributed by atoms with Crippen LogP contribution in [0.2, 0.25) is 0 Å². The lowest BCUT2D eigenvalue weighted by molar-refractivity contribution is -0.131. The molecule has 0 heterocycles. The molecule has 0 aromatic rings. The van der Waals surface area contributed by atoms with Crippen LogP contribution in [0.5, 0.6) is 0 Å². The van der Waals surface area contributed by atoms with Crippen molar-refractivity contribution in [2.45, 2.75) is 53.0 Å². The zero-order valence-electron chi connectivity index (χ0n) is 12.8. The molecule has 0 saturated carbocycles. The molecule has 0 radical (unpaired) electrons. The van der Waals surface area contributed by atoms with Crippen LogP contribution in [0.15, 0.2) is 0 Å². The molecule has 0 rings (SSSR count). The quantitative estimate of drug-likeness (QED) is 0.650.